The maximum Gasteiger partial charge on any atom is -0.0111 e. The van der Waals surface area contributed by atoms with Crippen LogP contribution >= 0.6 is 0 Å². The lowest BCUT2D eigenvalue weighted by Gasteiger charge is -2.52. The fourth-order valence-corrected chi connectivity index (χ4v) is 4.02. The fourth-order valence-electron chi connectivity index (χ4n) is 4.02. The van der Waals surface area contributed by atoms with Crippen molar-refractivity contribution in [2.45, 2.75) is 73.1 Å². The highest BCUT2D eigenvalue weighted by Crippen LogP contribution is 2.58. The maximum absolute atomic E-state index is 3.97. The molecule has 4 rings (SSSR count). The van der Waals surface area contributed by atoms with Gasteiger partial charge in [0.25, 0.3) is 0 Å². The third kappa shape index (κ3) is 3.10. The Labute approximate surface area is 126 Å². The second kappa shape index (κ2) is 5.92. The van der Waals surface area contributed by atoms with Crippen LogP contribution in [-0.4, -0.2) is 0 Å². The molecule has 0 heterocycles. The molecule has 20 heavy (non-hydrogen) atoms. The van der Waals surface area contributed by atoms with Gasteiger partial charge in [-0.1, -0.05) is 48.8 Å². The molecule has 0 aromatic heterocycles. The van der Waals surface area contributed by atoms with Gasteiger partial charge < -0.3 is 0 Å². The summed E-state index contributed by atoms with van der Waals surface area (Å²) < 4.78 is 0. The third-order valence-electron chi connectivity index (χ3n) is 5.97. The zero-order valence-corrected chi connectivity index (χ0v) is 14.2. The lowest BCUT2D eigenvalue weighted by Crippen LogP contribution is -2.41. The summed E-state index contributed by atoms with van der Waals surface area (Å²) in [6, 6.07) is 0. The van der Waals surface area contributed by atoms with E-state index >= 15 is 0 Å². The monoisotopic (exact) mass is 272 g/mol. The number of hydrogen-bond acceptors (Lipinski definition) is 0. The smallest absolute Gasteiger partial charge is 0.0111 e. The second-order valence-electron chi connectivity index (χ2n) is 7.79. The van der Waals surface area contributed by atoms with E-state index in [2.05, 4.69) is 47.3 Å². The summed E-state index contributed by atoms with van der Waals surface area (Å²) in [5.74, 6) is 1.79. The van der Waals surface area contributed by atoms with Gasteiger partial charge in [0.1, 0.15) is 0 Å². The Balaban J connectivity index is 0.000000147. The van der Waals surface area contributed by atoms with E-state index in [1.54, 1.807) is 16.7 Å². The number of fused-ring (bicyclic) bond motifs is 2. The van der Waals surface area contributed by atoms with Gasteiger partial charge in [0.2, 0.25) is 0 Å². The lowest BCUT2D eigenvalue weighted by atomic mass is 9.52. The van der Waals surface area contributed by atoms with Gasteiger partial charge in [0, 0.05) is 0 Å². The van der Waals surface area contributed by atoms with Crippen LogP contribution in [0.25, 0.3) is 0 Å². The minimum atomic E-state index is 0.586. The standard InChI is InChI=1S/2C10H16/c1-7-4-5-8-6-9(7)10(8,2)3;1-8(2)10-6-4-9(3)5-7-10/h8H,4-6H2,1-3H3;4,10H,1,5-7H2,2-3H3. The molecule has 0 amide bonds. The molecule has 0 saturated heterocycles. The van der Waals surface area contributed by atoms with Crippen LogP contribution in [0.15, 0.2) is 34.9 Å². The molecule has 0 aliphatic heterocycles. The van der Waals surface area contributed by atoms with E-state index in [1.165, 1.54) is 44.1 Å². The summed E-state index contributed by atoms with van der Waals surface area (Å²) in [6.07, 6.45) is 10.4. The minimum absolute atomic E-state index is 0.586. The van der Waals surface area contributed by atoms with Crippen molar-refractivity contribution in [3.8, 4) is 0 Å². The van der Waals surface area contributed by atoms with E-state index in [4.69, 9.17) is 0 Å². The lowest BCUT2D eigenvalue weighted by molar-refractivity contribution is 0.133. The van der Waals surface area contributed by atoms with Crippen molar-refractivity contribution in [2.75, 3.05) is 0 Å². The Kier molecular flexibility index (Phi) is 4.62. The van der Waals surface area contributed by atoms with Crippen LogP contribution in [0.4, 0.5) is 0 Å². The van der Waals surface area contributed by atoms with E-state index < -0.39 is 0 Å². The van der Waals surface area contributed by atoms with Gasteiger partial charge in [-0.2, -0.15) is 0 Å². The fraction of sp³-hybridized carbons (Fsp3) is 0.700. The number of rotatable bonds is 1. The van der Waals surface area contributed by atoms with Gasteiger partial charge in [-0.3, -0.25) is 0 Å². The van der Waals surface area contributed by atoms with E-state index in [9.17, 15) is 0 Å². The number of allylic oxidation sites excluding steroid dienone is 5. The van der Waals surface area contributed by atoms with Crippen LogP contribution < -0.4 is 0 Å². The molecule has 0 heteroatoms. The molecule has 4 aliphatic carbocycles. The first kappa shape index (κ1) is 15.6. The summed E-state index contributed by atoms with van der Waals surface area (Å²) in [6.45, 7) is 15.4. The third-order valence-corrected chi connectivity index (χ3v) is 5.97. The molecule has 2 bridgehead atoms. The summed E-state index contributed by atoms with van der Waals surface area (Å²) >= 11 is 0. The molecule has 2 atom stereocenters. The molecule has 0 spiro atoms. The quantitative estimate of drug-likeness (QED) is 0.481. The minimum Gasteiger partial charge on any atom is -0.0998 e. The van der Waals surface area contributed by atoms with Gasteiger partial charge in [-0.05, 0) is 76.5 Å². The predicted molar refractivity (Wildman–Crippen MR) is 89.7 cm³/mol. The Hall–Kier alpha value is -0.780. The van der Waals surface area contributed by atoms with Gasteiger partial charge in [-0.15, -0.1) is 0 Å². The molecule has 1 saturated carbocycles. The van der Waals surface area contributed by atoms with Gasteiger partial charge in [-0.25, -0.2) is 0 Å². The second-order valence-corrected chi connectivity index (χ2v) is 7.79. The average Bonchev–Trinajstić information content (AvgIpc) is 2.39. The Morgan fingerprint density at radius 1 is 1.20 bits per heavy atom. The highest BCUT2D eigenvalue weighted by atomic mass is 14.5. The van der Waals surface area contributed by atoms with Gasteiger partial charge in [0.15, 0.2) is 0 Å². The van der Waals surface area contributed by atoms with Crippen molar-refractivity contribution in [1.29, 1.82) is 0 Å². The van der Waals surface area contributed by atoms with Crippen molar-refractivity contribution in [3.63, 3.8) is 0 Å². The first-order valence-corrected chi connectivity index (χ1v) is 8.32. The van der Waals surface area contributed by atoms with E-state index in [0.717, 1.165) is 11.8 Å². The molecular formula is C20H32. The molecule has 4 aliphatic rings. The van der Waals surface area contributed by atoms with Crippen LogP contribution in [-0.2, 0) is 0 Å². The molecule has 0 aromatic carbocycles. The molecule has 2 unspecified atom stereocenters. The van der Waals surface area contributed by atoms with Gasteiger partial charge in [0.05, 0.1) is 0 Å². The topological polar surface area (TPSA) is 0 Å². The zero-order valence-electron chi connectivity index (χ0n) is 14.2. The molecule has 1 fully saturated rings. The van der Waals surface area contributed by atoms with Crippen molar-refractivity contribution in [2.24, 2.45) is 17.3 Å². The SMILES string of the molecule is C=C(C)C1CC=C(C)CC1.CC1=C2CC(CC1)C2(C)C. The molecule has 0 N–H and O–H groups in total. The molecule has 0 radical (unpaired) electrons. The maximum atomic E-state index is 3.97. The zero-order chi connectivity index (χ0) is 14.9. The van der Waals surface area contributed by atoms with E-state index in [1.807, 2.05) is 0 Å². The Bertz CT molecular complexity index is 445. The molecule has 112 valence electrons. The summed E-state index contributed by atoms with van der Waals surface area (Å²) in [5, 5.41) is 0. The molecule has 0 nitrogen and oxygen atoms in total. The van der Waals surface area contributed by atoms with E-state index in [-0.39, 0.29) is 0 Å². The largest absolute Gasteiger partial charge is 0.0998 e. The molecular weight excluding hydrogens is 240 g/mol. The predicted octanol–water partition coefficient (Wildman–Crippen LogP) is 6.45. The van der Waals surface area contributed by atoms with Crippen LogP contribution in [0.5, 0.6) is 0 Å². The summed E-state index contributed by atoms with van der Waals surface area (Å²) in [4.78, 5) is 0. The highest BCUT2D eigenvalue weighted by Gasteiger charge is 2.46. The molecule has 0 aromatic rings. The van der Waals surface area contributed by atoms with Crippen LogP contribution in [0.3, 0.4) is 0 Å². The van der Waals surface area contributed by atoms with Crippen molar-refractivity contribution in [1.82, 2.24) is 0 Å². The highest BCUT2D eigenvalue weighted by molar-refractivity contribution is 5.32. The number of hydrogen-bond donors (Lipinski definition) is 0. The summed E-state index contributed by atoms with van der Waals surface area (Å²) in [7, 11) is 0. The average molecular weight is 272 g/mol. The van der Waals surface area contributed by atoms with Crippen molar-refractivity contribution in [3.05, 3.63) is 34.9 Å². The Morgan fingerprint density at radius 3 is 2.25 bits per heavy atom. The van der Waals surface area contributed by atoms with Gasteiger partial charge >= 0.3 is 0 Å². The summed E-state index contributed by atoms with van der Waals surface area (Å²) in [5.41, 5.74) is 6.94. The first-order valence-electron chi connectivity index (χ1n) is 8.32. The van der Waals surface area contributed by atoms with Crippen LogP contribution in [0.2, 0.25) is 0 Å². The van der Waals surface area contributed by atoms with Crippen molar-refractivity contribution < 1.29 is 0 Å². The van der Waals surface area contributed by atoms with Crippen LogP contribution in [0, 0.1) is 17.3 Å². The van der Waals surface area contributed by atoms with Crippen LogP contribution in [0.1, 0.15) is 73.1 Å². The first-order chi connectivity index (χ1) is 9.32. The van der Waals surface area contributed by atoms with E-state index in [0.29, 0.717) is 5.41 Å². The normalized spacial score (nSPS) is 30.8. The van der Waals surface area contributed by atoms with Crippen molar-refractivity contribution >= 4 is 0 Å². The Morgan fingerprint density at radius 2 is 1.90 bits per heavy atom.